The van der Waals surface area contributed by atoms with Gasteiger partial charge in [-0.1, -0.05) is 0 Å². The molecule has 1 amide bonds. The van der Waals surface area contributed by atoms with E-state index in [1.165, 1.54) is 6.42 Å². The molecule has 2 saturated heterocycles. The number of rotatable bonds is 4. The molecule has 2 aliphatic rings. The van der Waals surface area contributed by atoms with Crippen LogP contribution in [0.4, 0.5) is 0 Å². The largest absolute Gasteiger partial charge is 0.381 e. The minimum Gasteiger partial charge on any atom is -0.381 e. The van der Waals surface area contributed by atoms with Crippen molar-refractivity contribution in [1.29, 1.82) is 0 Å². The average molecular weight is 240 g/mol. The summed E-state index contributed by atoms with van der Waals surface area (Å²) in [5.41, 5.74) is 5.74. The third-order valence-corrected chi connectivity index (χ3v) is 4.01. The van der Waals surface area contributed by atoms with Gasteiger partial charge < -0.3 is 15.4 Å². The number of piperidine rings is 1. The molecule has 2 heterocycles. The summed E-state index contributed by atoms with van der Waals surface area (Å²) in [4.78, 5) is 14.2. The van der Waals surface area contributed by atoms with E-state index in [1.807, 2.05) is 4.90 Å². The third kappa shape index (κ3) is 3.42. The highest BCUT2D eigenvalue weighted by molar-refractivity contribution is 5.76. The highest BCUT2D eigenvalue weighted by Gasteiger charge is 2.26. The topological polar surface area (TPSA) is 55.6 Å². The molecule has 2 aliphatic heterocycles. The lowest BCUT2D eigenvalue weighted by Crippen LogP contribution is -2.47. The zero-order valence-corrected chi connectivity index (χ0v) is 10.6. The Kier molecular flexibility index (Phi) is 4.80. The first-order valence-electron chi connectivity index (χ1n) is 6.88. The summed E-state index contributed by atoms with van der Waals surface area (Å²) in [6.45, 7) is 3.22. The van der Waals surface area contributed by atoms with Crippen LogP contribution in [0.25, 0.3) is 0 Å². The molecule has 2 unspecified atom stereocenters. The molecule has 98 valence electrons. The van der Waals surface area contributed by atoms with E-state index in [1.54, 1.807) is 0 Å². The van der Waals surface area contributed by atoms with Crippen LogP contribution in [0.2, 0.25) is 0 Å². The molecule has 0 radical (unpaired) electrons. The van der Waals surface area contributed by atoms with Crippen LogP contribution in [-0.2, 0) is 9.53 Å². The fourth-order valence-corrected chi connectivity index (χ4v) is 2.86. The number of likely N-dealkylation sites (tertiary alicyclic amines) is 1. The minimum absolute atomic E-state index is 0.288. The van der Waals surface area contributed by atoms with E-state index in [0.717, 1.165) is 45.4 Å². The van der Waals surface area contributed by atoms with Gasteiger partial charge in [0.2, 0.25) is 5.91 Å². The average Bonchev–Trinajstić information content (AvgIpc) is 2.89. The highest BCUT2D eigenvalue weighted by atomic mass is 16.5. The third-order valence-electron chi connectivity index (χ3n) is 4.01. The summed E-state index contributed by atoms with van der Waals surface area (Å²) >= 11 is 0. The van der Waals surface area contributed by atoms with E-state index >= 15 is 0 Å². The standard InChI is InChI=1S/C13H24N2O2/c14-9-12-3-1-2-7-15(12)13(16)5-4-11-6-8-17-10-11/h11-12H,1-10,14H2. The summed E-state index contributed by atoms with van der Waals surface area (Å²) < 4.78 is 5.33. The molecular weight excluding hydrogens is 216 g/mol. The number of hydrogen-bond acceptors (Lipinski definition) is 3. The predicted octanol–water partition coefficient (Wildman–Crippen LogP) is 1.14. The second-order valence-corrected chi connectivity index (χ2v) is 5.24. The van der Waals surface area contributed by atoms with Gasteiger partial charge in [0.15, 0.2) is 0 Å². The number of hydrogen-bond donors (Lipinski definition) is 1. The fourth-order valence-electron chi connectivity index (χ4n) is 2.86. The van der Waals surface area contributed by atoms with Gasteiger partial charge in [-0.05, 0) is 38.0 Å². The molecule has 0 bridgehead atoms. The number of carbonyl (C=O) groups is 1. The molecule has 0 spiro atoms. The van der Waals surface area contributed by atoms with Gasteiger partial charge >= 0.3 is 0 Å². The van der Waals surface area contributed by atoms with Gasteiger partial charge in [-0.3, -0.25) is 4.79 Å². The van der Waals surface area contributed by atoms with E-state index in [4.69, 9.17) is 10.5 Å². The lowest BCUT2D eigenvalue weighted by molar-refractivity contribution is -0.134. The van der Waals surface area contributed by atoms with Crippen molar-refractivity contribution in [2.45, 2.75) is 44.6 Å². The Balaban J connectivity index is 1.76. The summed E-state index contributed by atoms with van der Waals surface area (Å²) in [5.74, 6) is 0.895. The van der Waals surface area contributed by atoms with E-state index in [-0.39, 0.29) is 6.04 Å². The Hall–Kier alpha value is -0.610. The van der Waals surface area contributed by atoms with Crippen molar-refractivity contribution in [2.75, 3.05) is 26.3 Å². The quantitative estimate of drug-likeness (QED) is 0.802. The lowest BCUT2D eigenvalue weighted by atomic mass is 9.99. The molecule has 0 aliphatic carbocycles. The Bertz CT molecular complexity index is 252. The van der Waals surface area contributed by atoms with Gasteiger partial charge in [0, 0.05) is 38.8 Å². The maximum atomic E-state index is 12.2. The molecule has 0 aromatic rings. The fraction of sp³-hybridized carbons (Fsp3) is 0.923. The second-order valence-electron chi connectivity index (χ2n) is 5.24. The number of ether oxygens (including phenoxy) is 1. The summed E-state index contributed by atoms with van der Waals surface area (Å²) in [5, 5.41) is 0. The zero-order valence-electron chi connectivity index (χ0n) is 10.6. The van der Waals surface area contributed by atoms with Gasteiger partial charge in [0.25, 0.3) is 0 Å². The summed E-state index contributed by atoms with van der Waals surface area (Å²) in [7, 11) is 0. The molecular formula is C13H24N2O2. The normalized spacial score (nSPS) is 29.6. The lowest BCUT2D eigenvalue weighted by Gasteiger charge is -2.35. The molecule has 2 atom stereocenters. The minimum atomic E-state index is 0.288. The van der Waals surface area contributed by atoms with Crippen LogP contribution in [0, 0.1) is 5.92 Å². The first kappa shape index (κ1) is 12.8. The van der Waals surface area contributed by atoms with Gasteiger partial charge in [0.05, 0.1) is 0 Å². The number of nitrogens with zero attached hydrogens (tertiary/aromatic N) is 1. The van der Waals surface area contributed by atoms with Crippen LogP contribution in [0.3, 0.4) is 0 Å². The summed E-state index contributed by atoms with van der Waals surface area (Å²) in [6.07, 6.45) is 6.19. The van der Waals surface area contributed by atoms with Crippen LogP contribution >= 0.6 is 0 Å². The summed E-state index contributed by atoms with van der Waals surface area (Å²) in [6, 6.07) is 0.288. The molecule has 2 rings (SSSR count). The van der Waals surface area contributed by atoms with Crippen molar-refractivity contribution in [1.82, 2.24) is 4.90 Å². The maximum absolute atomic E-state index is 12.2. The maximum Gasteiger partial charge on any atom is 0.222 e. The van der Waals surface area contributed by atoms with E-state index < -0.39 is 0 Å². The van der Waals surface area contributed by atoms with Crippen LogP contribution in [0.1, 0.15) is 38.5 Å². The van der Waals surface area contributed by atoms with Crippen LogP contribution in [0.15, 0.2) is 0 Å². The molecule has 17 heavy (non-hydrogen) atoms. The Morgan fingerprint density at radius 2 is 2.24 bits per heavy atom. The number of carbonyl (C=O) groups excluding carboxylic acids is 1. The van der Waals surface area contributed by atoms with Crippen LogP contribution in [-0.4, -0.2) is 43.2 Å². The SMILES string of the molecule is NCC1CCCCN1C(=O)CCC1CCOC1. The Morgan fingerprint density at radius 3 is 2.94 bits per heavy atom. The molecule has 0 aromatic carbocycles. The van der Waals surface area contributed by atoms with E-state index in [2.05, 4.69) is 0 Å². The van der Waals surface area contributed by atoms with Gasteiger partial charge in [-0.15, -0.1) is 0 Å². The predicted molar refractivity (Wildman–Crippen MR) is 66.6 cm³/mol. The Morgan fingerprint density at radius 1 is 1.35 bits per heavy atom. The van der Waals surface area contributed by atoms with Crippen molar-refractivity contribution in [3.8, 4) is 0 Å². The first-order valence-corrected chi connectivity index (χ1v) is 6.88. The molecule has 2 fully saturated rings. The van der Waals surface area contributed by atoms with Gasteiger partial charge in [-0.25, -0.2) is 0 Å². The van der Waals surface area contributed by atoms with Gasteiger partial charge in [0.1, 0.15) is 0 Å². The van der Waals surface area contributed by atoms with Crippen molar-refractivity contribution < 1.29 is 9.53 Å². The first-order chi connectivity index (χ1) is 8.31. The van der Waals surface area contributed by atoms with Crippen molar-refractivity contribution in [3.05, 3.63) is 0 Å². The molecule has 0 saturated carbocycles. The van der Waals surface area contributed by atoms with E-state index in [0.29, 0.717) is 24.8 Å². The second kappa shape index (κ2) is 6.36. The van der Waals surface area contributed by atoms with Gasteiger partial charge in [-0.2, -0.15) is 0 Å². The molecule has 0 aromatic heterocycles. The van der Waals surface area contributed by atoms with Crippen LogP contribution in [0.5, 0.6) is 0 Å². The number of amides is 1. The van der Waals surface area contributed by atoms with Crippen LogP contribution < -0.4 is 5.73 Å². The van der Waals surface area contributed by atoms with E-state index in [9.17, 15) is 4.79 Å². The number of nitrogens with two attached hydrogens (primary N) is 1. The smallest absolute Gasteiger partial charge is 0.222 e. The molecule has 4 nitrogen and oxygen atoms in total. The highest BCUT2D eigenvalue weighted by Crippen LogP contribution is 2.21. The zero-order chi connectivity index (χ0) is 12.1. The van der Waals surface area contributed by atoms with Crippen molar-refractivity contribution in [2.24, 2.45) is 11.7 Å². The monoisotopic (exact) mass is 240 g/mol. The Labute approximate surface area is 103 Å². The molecule has 2 N–H and O–H groups in total. The van der Waals surface area contributed by atoms with Crippen molar-refractivity contribution >= 4 is 5.91 Å². The molecule has 4 heteroatoms. The van der Waals surface area contributed by atoms with Crippen molar-refractivity contribution in [3.63, 3.8) is 0 Å².